The quantitative estimate of drug-likeness (QED) is 0.768. The average Bonchev–Trinajstić information content (AvgIpc) is 2.92. The van der Waals surface area contributed by atoms with Crippen LogP contribution in [0.2, 0.25) is 0 Å². The number of Topliss-reactive ketones (excluding diaryl/α,β-unsaturated/α-hetero) is 1. The summed E-state index contributed by atoms with van der Waals surface area (Å²) in [6.45, 7) is 1.96. The molecule has 0 spiro atoms. The molecule has 1 aromatic rings. The molecule has 0 radical (unpaired) electrons. The van der Waals surface area contributed by atoms with Gasteiger partial charge in [-0.1, -0.05) is 12.1 Å². The van der Waals surface area contributed by atoms with Crippen molar-refractivity contribution in [3.05, 3.63) is 35.6 Å². The maximum absolute atomic E-state index is 13.1. The van der Waals surface area contributed by atoms with Crippen LogP contribution in [0.25, 0.3) is 0 Å². The number of ketones is 1. The minimum atomic E-state index is -0.424. The third-order valence-corrected chi connectivity index (χ3v) is 3.42. The number of benzene rings is 1. The van der Waals surface area contributed by atoms with Crippen molar-refractivity contribution in [2.45, 2.75) is 12.8 Å². The lowest BCUT2D eigenvalue weighted by Gasteiger charge is -2.20. The molecule has 1 aliphatic heterocycles. The van der Waals surface area contributed by atoms with Crippen LogP contribution < -0.4 is 0 Å². The first-order valence-corrected chi connectivity index (χ1v) is 6.81. The summed E-state index contributed by atoms with van der Waals surface area (Å²) in [7, 11) is 1.73. The second-order valence-electron chi connectivity index (χ2n) is 5.19. The summed E-state index contributed by atoms with van der Waals surface area (Å²) in [5.74, 6) is -0.551. The van der Waals surface area contributed by atoms with Crippen LogP contribution in [-0.4, -0.2) is 54.7 Å². The summed E-state index contributed by atoms with van der Waals surface area (Å²) in [5, 5.41) is 0. The zero-order chi connectivity index (χ0) is 14.5. The van der Waals surface area contributed by atoms with Crippen LogP contribution in [-0.2, 0) is 4.79 Å². The van der Waals surface area contributed by atoms with E-state index in [-0.39, 0.29) is 24.8 Å². The second-order valence-corrected chi connectivity index (χ2v) is 5.19. The average molecular weight is 278 g/mol. The first-order chi connectivity index (χ1) is 9.56. The Labute approximate surface area is 118 Å². The van der Waals surface area contributed by atoms with Gasteiger partial charge in [0.2, 0.25) is 5.91 Å². The molecule has 2 rings (SSSR count). The van der Waals surface area contributed by atoms with Crippen LogP contribution in [0.4, 0.5) is 4.39 Å². The number of likely N-dealkylation sites (N-methyl/N-ethyl adjacent to an activating group) is 1. The molecule has 4 nitrogen and oxygen atoms in total. The highest BCUT2D eigenvalue weighted by atomic mass is 19.1. The van der Waals surface area contributed by atoms with Crippen molar-refractivity contribution in [3.8, 4) is 0 Å². The van der Waals surface area contributed by atoms with E-state index >= 15 is 0 Å². The van der Waals surface area contributed by atoms with Crippen LogP contribution in [0.5, 0.6) is 0 Å². The number of amides is 1. The Balaban J connectivity index is 1.86. The third-order valence-electron chi connectivity index (χ3n) is 3.42. The first kappa shape index (κ1) is 14.7. The Hall–Kier alpha value is -1.75. The molecule has 0 atom stereocenters. The monoisotopic (exact) mass is 278 g/mol. The van der Waals surface area contributed by atoms with Gasteiger partial charge in [-0.05, 0) is 32.0 Å². The molecule has 0 aliphatic carbocycles. The van der Waals surface area contributed by atoms with Gasteiger partial charge < -0.3 is 4.90 Å². The topological polar surface area (TPSA) is 40.6 Å². The number of carbonyl (C=O) groups is 2. The smallest absolute Gasteiger partial charge is 0.236 e. The molecule has 0 aromatic heterocycles. The van der Waals surface area contributed by atoms with E-state index in [9.17, 15) is 14.0 Å². The summed E-state index contributed by atoms with van der Waals surface area (Å²) in [4.78, 5) is 27.4. The third kappa shape index (κ3) is 3.87. The Bertz CT molecular complexity index is 498. The van der Waals surface area contributed by atoms with E-state index in [0.29, 0.717) is 5.56 Å². The van der Waals surface area contributed by atoms with Gasteiger partial charge in [0, 0.05) is 18.7 Å². The maximum atomic E-state index is 13.1. The lowest BCUT2D eigenvalue weighted by molar-refractivity contribution is -0.130. The van der Waals surface area contributed by atoms with Gasteiger partial charge in [-0.15, -0.1) is 0 Å². The number of carbonyl (C=O) groups excluding carboxylic acids is 2. The summed E-state index contributed by atoms with van der Waals surface area (Å²) < 4.78 is 13.1. The van der Waals surface area contributed by atoms with Crippen LogP contribution in [0.3, 0.4) is 0 Å². The normalized spacial score (nSPS) is 14.8. The van der Waals surface area contributed by atoms with Crippen LogP contribution in [0, 0.1) is 5.82 Å². The molecule has 20 heavy (non-hydrogen) atoms. The Morgan fingerprint density at radius 3 is 2.60 bits per heavy atom. The van der Waals surface area contributed by atoms with Crippen LogP contribution in [0.15, 0.2) is 24.3 Å². The number of nitrogens with zero attached hydrogens (tertiary/aromatic N) is 2. The van der Waals surface area contributed by atoms with Gasteiger partial charge >= 0.3 is 0 Å². The van der Waals surface area contributed by atoms with Gasteiger partial charge in [0.1, 0.15) is 5.82 Å². The number of rotatable bonds is 5. The molecule has 1 saturated heterocycles. The van der Waals surface area contributed by atoms with E-state index in [1.165, 1.54) is 18.2 Å². The predicted octanol–water partition coefficient (Wildman–Crippen LogP) is 1.56. The molecule has 1 aliphatic rings. The van der Waals surface area contributed by atoms with E-state index in [1.807, 2.05) is 4.90 Å². The van der Waals surface area contributed by atoms with Crippen molar-refractivity contribution in [2.24, 2.45) is 0 Å². The van der Waals surface area contributed by atoms with E-state index in [0.717, 1.165) is 25.9 Å². The van der Waals surface area contributed by atoms with E-state index in [2.05, 4.69) is 0 Å². The highest BCUT2D eigenvalue weighted by Gasteiger charge is 2.20. The molecule has 1 heterocycles. The van der Waals surface area contributed by atoms with E-state index in [1.54, 1.807) is 18.0 Å². The molecule has 1 amide bonds. The molecule has 0 unspecified atom stereocenters. The molecule has 0 saturated carbocycles. The van der Waals surface area contributed by atoms with Crippen molar-refractivity contribution < 1.29 is 14.0 Å². The van der Waals surface area contributed by atoms with Crippen molar-refractivity contribution in [1.82, 2.24) is 9.80 Å². The number of likely N-dealkylation sites (tertiary alicyclic amines) is 1. The van der Waals surface area contributed by atoms with Gasteiger partial charge in [-0.3, -0.25) is 14.5 Å². The maximum Gasteiger partial charge on any atom is 0.236 e. The summed E-state index contributed by atoms with van der Waals surface area (Å²) in [6, 6.07) is 5.62. The van der Waals surface area contributed by atoms with E-state index in [4.69, 9.17) is 0 Å². The van der Waals surface area contributed by atoms with Crippen LogP contribution in [0.1, 0.15) is 23.2 Å². The number of hydrogen-bond donors (Lipinski definition) is 0. The summed E-state index contributed by atoms with van der Waals surface area (Å²) >= 11 is 0. The van der Waals surface area contributed by atoms with Gasteiger partial charge in [-0.25, -0.2) is 4.39 Å². The van der Waals surface area contributed by atoms with Crippen LogP contribution >= 0.6 is 0 Å². The van der Waals surface area contributed by atoms with Gasteiger partial charge in [0.15, 0.2) is 5.78 Å². The van der Waals surface area contributed by atoms with Crippen molar-refractivity contribution in [1.29, 1.82) is 0 Å². The fourth-order valence-electron chi connectivity index (χ4n) is 2.35. The second kappa shape index (κ2) is 6.61. The number of halogens is 1. The SMILES string of the molecule is CN(CC(=O)c1cccc(F)c1)CC(=O)N1CCCC1. The van der Waals surface area contributed by atoms with Crippen molar-refractivity contribution >= 4 is 11.7 Å². The molecule has 5 heteroatoms. The molecule has 0 bridgehead atoms. The molecule has 1 fully saturated rings. The highest BCUT2D eigenvalue weighted by molar-refractivity contribution is 5.97. The zero-order valence-electron chi connectivity index (χ0n) is 11.6. The number of hydrogen-bond acceptors (Lipinski definition) is 3. The fourth-order valence-corrected chi connectivity index (χ4v) is 2.35. The summed E-state index contributed by atoms with van der Waals surface area (Å²) in [6.07, 6.45) is 2.11. The Morgan fingerprint density at radius 2 is 1.95 bits per heavy atom. The van der Waals surface area contributed by atoms with Gasteiger partial charge in [0.05, 0.1) is 13.1 Å². The molecular formula is C15H19FN2O2. The minimum absolute atomic E-state index is 0.0528. The Morgan fingerprint density at radius 1 is 1.25 bits per heavy atom. The lowest BCUT2D eigenvalue weighted by atomic mass is 10.1. The molecule has 108 valence electrons. The zero-order valence-corrected chi connectivity index (χ0v) is 11.6. The first-order valence-electron chi connectivity index (χ1n) is 6.81. The molecule has 1 aromatic carbocycles. The van der Waals surface area contributed by atoms with Crippen molar-refractivity contribution in [3.63, 3.8) is 0 Å². The fraction of sp³-hybridized carbons (Fsp3) is 0.467. The minimum Gasteiger partial charge on any atom is -0.342 e. The predicted molar refractivity (Wildman–Crippen MR) is 74.0 cm³/mol. The molecular weight excluding hydrogens is 259 g/mol. The lowest BCUT2D eigenvalue weighted by Crippen LogP contribution is -2.39. The Kier molecular flexibility index (Phi) is 4.84. The summed E-state index contributed by atoms with van der Waals surface area (Å²) in [5.41, 5.74) is 0.338. The van der Waals surface area contributed by atoms with E-state index < -0.39 is 5.82 Å². The standard InChI is InChI=1S/C15H19FN2O2/c1-17(11-15(20)18-7-2-3-8-18)10-14(19)12-5-4-6-13(16)9-12/h4-6,9H,2-3,7-8,10-11H2,1H3. The molecule has 0 N–H and O–H groups in total. The van der Waals surface area contributed by atoms with Gasteiger partial charge in [0.25, 0.3) is 0 Å². The van der Waals surface area contributed by atoms with Gasteiger partial charge in [-0.2, -0.15) is 0 Å². The largest absolute Gasteiger partial charge is 0.342 e. The highest BCUT2D eigenvalue weighted by Crippen LogP contribution is 2.08. The van der Waals surface area contributed by atoms with Crippen molar-refractivity contribution in [2.75, 3.05) is 33.2 Å².